The van der Waals surface area contributed by atoms with Crippen molar-refractivity contribution in [2.45, 2.75) is 6.18 Å². The third kappa shape index (κ3) is 5.17. The van der Waals surface area contributed by atoms with Crippen LogP contribution < -0.4 is 16.0 Å². The molecule has 0 fully saturated rings. The molecule has 0 spiro atoms. The number of nitrogens with one attached hydrogen (secondary N) is 3. The van der Waals surface area contributed by atoms with Gasteiger partial charge in [0.05, 0.1) is 12.1 Å². The summed E-state index contributed by atoms with van der Waals surface area (Å²) in [4.78, 5) is 22.8. The van der Waals surface area contributed by atoms with E-state index in [9.17, 15) is 22.8 Å². The maximum Gasteiger partial charge on any atom is 0.405 e. The van der Waals surface area contributed by atoms with E-state index < -0.39 is 18.6 Å². The minimum atomic E-state index is -4.45. The molecule has 0 radical (unpaired) electrons. The Balaban J connectivity index is 2.58. The fourth-order valence-corrected chi connectivity index (χ4v) is 1.41. The van der Waals surface area contributed by atoms with E-state index in [2.05, 4.69) is 10.6 Å². The largest absolute Gasteiger partial charge is 0.405 e. The predicted molar refractivity (Wildman–Crippen MR) is 67.4 cm³/mol. The van der Waals surface area contributed by atoms with Gasteiger partial charge in [0, 0.05) is 12.7 Å². The quantitative estimate of drug-likeness (QED) is 0.761. The lowest BCUT2D eigenvalue weighted by Crippen LogP contribution is -2.37. The van der Waals surface area contributed by atoms with E-state index in [1.165, 1.54) is 13.1 Å². The summed E-state index contributed by atoms with van der Waals surface area (Å²) in [6.07, 6.45) is -4.45. The van der Waals surface area contributed by atoms with Gasteiger partial charge in [-0.05, 0) is 12.1 Å². The maximum absolute atomic E-state index is 11.9. The van der Waals surface area contributed by atoms with Crippen molar-refractivity contribution >= 4 is 17.5 Å². The molecule has 1 rings (SSSR count). The van der Waals surface area contributed by atoms with Crippen LogP contribution in [0.3, 0.4) is 0 Å². The van der Waals surface area contributed by atoms with E-state index in [4.69, 9.17) is 0 Å². The lowest BCUT2D eigenvalue weighted by Gasteiger charge is -2.12. The van der Waals surface area contributed by atoms with Crippen LogP contribution in [-0.2, 0) is 4.79 Å². The summed E-state index contributed by atoms with van der Waals surface area (Å²) < 4.78 is 35.7. The molecule has 0 aliphatic heterocycles. The van der Waals surface area contributed by atoms with E-state index in [1.807, 2.05) is 0 Å². The normalized spacial score (nSPS) is 10.8. The molecule has 2 amide bonds. The first kappa shape index (κ1) is 15.8. The molecule has 3 N–H and O–H groups in total. The molecule has 0 unspecified atom stereocenters. The fraction of sp³-hybridized carbons (Fsp3) is 0.333. The van der Waals surface area contributed by atoms with Gasteiger partial charge in [-0.1, -0.05) is 12.1 Å². The lowest BCUT2D eigenvalue weighted by atomic mass is 10.1. The Kier molecular flexibility index (Phi) is 5.36. The second-order valence-corrected chi connectivity index (χ2v) is 3.87. The average Bonchev–Trinajstić information content (AvgIpc) is 2.41. The van der Waals surface area contributed by atoms with Crippen molar-refractivity contribution < 1.29 is 22.8 Å². The summed E-state index contributed by atoms with van der Waals surface area (Å²) in [6.45, 7) is -1.74. The van der Waals surface area contributed by atoms with Crippen LogP contribution >= 0.6 is 0 Å². The SMILES string of the molecule is CNC(=O)c1ccccc1NCC(=O)NCC(F)(F)F. The van der Waals surface area contributed by atoms with Crippen LogP contribution in [0.15, 0.2) is 24.3 Å². The van der Waals surface area contributed by atoms with Crippen molar-refractivity contribution in [1.82, 2.24) is 10.6 Å². The minimum absolute atomic E-state index is 0.304. The van der Waals surface area contributed by atoms with Crippen molar-refractivity contribution in [3.8, 4) is 0 Å². The molecule has 20 heavy (non-hydrogen) atoms. The Bertz CT molecular complexity index is 489. The van der Waals surface area contributed by atoms with Crippen molar-refractivity contribution in [1.29, 1.82) is 0 Å². The number of hydrogen-bond acceptors (Lipinski definition) is 3. The Morgan fingerprint density at radius 2 is 1.85 bits per heavy atom. The number of halogens is 3. The molecule has 1 aromatic carbocycles. The molecule has 8 heteroatoms. The van der Waals surface area contributed by atoms with Crippen LogP contribution in [-0.4, -0.2) is 38.1 Å². The number of carbonyl (C=O) groups excluding carboxylic acids is 2. The van der Waals surface area contributed by atoms with E-state index in [0.29, 0.717) is 11.3 Å². The Labute approximate surface area is 113 Å². The van der Waals surface area contributed by atoms with Gasteiger partial charge in [-0.3, -0.25) is 9.59 Å². The molecule has 0 saturated heterocycles. The minimum Gasteiger partial charge on any atom is -0.376 e. The Morgan fingerprint density at radius 3 is 2.45 bits per heavy atom. The Morgan fingerprint density at radius 1 is 1.20 bits per heavy atom. The highest BCUT2D eigenvalue weighted by Gasteiger charge is 2.27. The topological polar surface area (TPSA) is 70.2 Å². The molecule has 5 nitrogen and oxygen atoms in total. The zero-order valence-electron chi connectivity index (χ0n) is 10.7. The molecule has 110 valence electrons. The first-order valence-electron chi connectivity index (χ1n) is 5.72. The van der Waals surface area contributed by atoms with Gasteiger partial charge < -0.3 is 16.0 Å². The number of carbonyl (C=O) groups is 2. The Hall–Kier alpha value is -2.25. The fourth-order valence-electron chi connectivity index (χ4n) is 1.41. The molecule has 0 aliphatic carbocycles. The van der Waals surface area contributed by atoms with Crippen LogP contribution in [0.4, 0.5) is 18.9 Å². The molecule has 0 atom stereocenters. The van der Waals surface area contributed by atoms with Gasteiger partial charge in [-0.2, -0.15) is 13.2 Å². The molecular formula is C12H14F3N3O2. The summed E-state index contributed by atoms with van der Waals surface area (Å²) in [7, 11) is 1.45. The first-order valence-corrected chi connectivity index (χ1v) is 5.72. The molecule has 0 saturated carbocycles. The van der Waals surface area contributed by atoms with Crippen molar-refractivity contribution in [2.75, 3.05) is 25.5 Å². The van der Waals surface area contributed by atoms with Crippen molar-refractivity contribution in [2.24, 2.45) is 0 Å². The highest BCUT2D eigenvalue weighted by atomic mass is 19.4. The van der Waals surface area contributed by atoms with Gasteiger partial charge >= 0.3 is 6.18 Å². The van der Waals surface area contributed by atoms with Gasteiger partial charge in [0.25, 0.3) is 5.91 Å². The summed E-state index contributed by atoms with van der Waals surface area (Å²) in [5.41, 5.74) is 0.674. The summed E-state index contributed by atoms with van der Waals surface area (Å²) >= 11 is 0. The smallest absolute Gasteiger partial charge is 0.376 e. The second-order valence-electron chi connectivity index (χ2n) is 3.87. The second kappa shape index (κ2) is 6.78. The number of para-hydroxylation sites is 1. The monoisotopic (exact) mass is 289 g/mol. The zero-order chi connectivity index (χ0) is 15.2. The van der Waals surface area contributed by atoms with Crippen molar-refractivity contribution in [3.05, 3.63) is 29.8 Å². The van der Waals surface area contributed by atoms with Crippen LogP contribution in [0.1, 0.15) is 10.4 Å². The van der Waals surface area contributed by atoms with Gasteiger partial charge in [0.2, 0.25) is 5.91 Å². The summed E-state index contributed by atoms with van der Waals surface area (Å²) in [5, 5.41) is 6.78. The summed E-state index contributed by atoms with van der Waals surface area (Å²) in [5.74, 6) is -1.17. The van der Waals surface area contributed by atoms with Gasteiger partial charge in [-0.25, -0.2) is 0 Å². The predicted octanol–water partition coefficient (Wildman–Crippen LogP) is 1.14. The van der Waals surface area contributed by atoms with E-state index in [0.717, 1.165) is 0 Å². The molecule has 0 bridgehead atoms. The zero-order valence-corrected chi connectivity index (χ0v) is 10.7. The highest BCUT2D eigenvalue weighted by molar-refractivity contribution is 5.99. The summed E-state index contributed by atoms with van der Waals surface area (Å²) in [6, 6.07) is 6.37. The first-order chi connectivity index (χ1) is 9.33. The van der Waals surface area contributed by atoms with Crippen LogP contribution in [0.5, 0.6) is 0 Å². The number of anilines is 1. The average molecular weight is 289 g/mol. The standard InChI is InChI=1S/C12H14F3N3O2/c1-16-11(20)8-4-2-3-5-9(8)17-6-10(19)18-7-12(13,14)15/h2-5,17H,6-7H2,1H3,(H,16,20)(H,18,19). The number of hydrogen-bond donors (Lipinski definition) is 3. The third-order valence-electron chi connectivity index (χ3n) is 2.32. The number of alkyl halides is 3. The van der Waals surface area contributed by atoms with Gasteiger partial charge in [-0.15, -0.1) is 0 Å². The van der Waals surface area contributed by atoms with Gasteiger partial charge in [0.15, 0.2) is 0 Å². The van der Waals surface area contributed by atoms with E-state index in [-0.39, 0.29) is 12.5 Å². The third-order valence-corrected chi connectivity index (χ3v) is 2.32. The van der Waals surface area contributed by atoms with Crippen molar-refractivity contribution in [3.63, 3.8) is 0 Å². The number of amides is 2. The maximum atomic E-state index is 11.9. The lowest BCUT2D eigenvalue weighted by molar-refractivity contribution is -0.137. The van der Waals surface area contributed by atoms with Crippen LogP contribution in [0.25, 0.3) is 0 Å². The van der Waals surface area contributed by atoms with Crippen LogP contribution in [0.2, 0.25) is 0 Å². The van der Waals surface area contributed by atoms with Crippen LogP contribution in [0, 0.1) is 0 Å². The number of benzene rings is 1. The molecule has 0 aromatic heterocycles. The molecule has 0 aliphatic rings. The molecule has 1 aromatic rings. The van der Waals surface area contributed by atoms with E-state index in [1.54, 1.807) is 23.5 Å². The van der Waals surface area contributed by atoms with E-state index >= 15 is 0 Å². The number of rotatable bonds is 5. The van der Waals surface area contributed by atoms with Gasteiger partial charge in [0.1, 0.15) is 6.54 Å². The molecule has 0 heterocycles. The highest BCUT2D eigenvalue weighted by Crippen LogP contribution is 2.14. The molecular weight excluding hydrogens is 275 g/mol.